The highest BCUT2D eigenvalue weighted by Crippen LogP contribution is 2.39. The molecular formula is C13H10N2O3S. The summed E-state index contributed by atoms with van der Waals surface area (Å²) in [7, 11) is 0. The number of nitrogens with one attached hydrogen (secondary N) is 2. The lowest BCUT2D eigenvalue weighted by molar-refractivity contribution is -0.122. The lowest BCUT2D eigenvalue weighted by atomic mass is 9.87. The number of amides is 3. The number of thiophene rings is 1. The van der Waals surface area contributed by atoms with Crippen molar-refractivity contribution in [3.8, 4) is 5.75 Å². The van der Waals surface area contributed by atoms with E-state index in [2.05, 4.69) is 10.6 Å². The molecule has 0 spiro atoms. The Morgan fingerprint density at radius 3 is 2.47 bits per heavy atom. The Kier molecular flexibility index (Phi) is 2.53. The fourth-order valence-electron chi connectivity index (χ4n) is 2.23. The molecule has 1 unspecified atom stereocenters. The number of phenols is 1. The first-order valence-electron chi connectivity index (χ1n) is 5.60. The highest BCUT2D eigenvalue weighted by atomic mass is 32.1. The zero-order chi connectivity index (χ0) is 13.5. The van der Waals surface area contributed by atoms with E-state index in [1.54, 1.807) is 30.3 Å². The van der Waals surface area contributed by atoms with Gasteiger partial charge >= 0.3 is 6.03 Å². The molecule has 3 N–H and O–H groups in total. The predicted molar refractivity (Wildman–Crippen MR) is 69.9 cm³/mol. The summed E-state index contributed by atoms with van der Waals surface area (Å²) in [4.78, 5) is 24.4. The van der Waals surface area contributed by atoms with Crippen LogP contribution in [0.15, 0.2) is 41.8 Å². The largest absolute Gasteiger partial charge is 0.508 e. The van der Waals surface area contributed by atoms with Gasteiger partial charge < -0.3 is 10.4 Å². The van der Waals surface area contributed by atoms with E-state index in [9.17, 15) is 14.7 Å². The minimum Gasteiger partial charge on any atom is -0.508 e. The molecule has 0 saturated carbocycles. The van der Waals surface area contributed by atoms with Crippen molar-refractivity contribution in [1.82, 2.24) is 10.6 Å². The molecule has 1 aromatic heterocycles. The maximum atomic E-state index is 12.3. The number of hydrogen-bond donors (Lipinski definition) is 3. The standard InChI is InChI=1S/C13H10N2O3S/c16-9-5-2-1-4-8(9)13(10-6-3-7-19-10)11(17)14-12(18)15-13/h1-7,16H,(H2,14,15,17,18). The van der Waals surface area contributed by atoms with Crippen LogP contribution in [0.5, 0.6) is 5.75 Å². The fourth-order valence-corrected chi connectivity index (χ4v) is 3.13. The first-order valence-corrected chi connectivity index (χ1v) is 6.48. The van der Waals surface area contributed by atoms with Crippen LogP contribution in [-0.4, -0.2) is 17.0 Å². The normalized spacial score (nSPS) is 22.1. The number of aromatic hydroxyl groups is 1. The van der Waals surface area contributed by atoms with Crippen LogP contribution in [0.2, 0.25) is 0 Å². The Balaban J connectivity index is 2.27. The molecule has 2 aromatic rings. The highest BCUT2D eigenvalue weighted by Gasteiger charge is 2.51. The van der Waals surface area contributed by atoms with E-state index in [1.165, 1.54) is 17.4 Å². The Bertz CT molecular complexity index is 654. The molecule has 1 saturated heterocycles. The lowest BCUT2D eigenvalue weighted by Crippen LogP contribution is -2.44. The Morgan fingerprint density at radius 1 is 1.11 bits per heavy atom. The minimum atomic E-state index is -1.35. The van der Waals surface area contributed by atoms with Gasteiger partial charge in [0.15, 0.2) is 5.54 Å². The first-order chi connectivity index (χ1) is 9.14. The highest BCUT2D eigenvalue weighted by molar-refractivity contribution is 7.10. The molecular weight excluding hydrogens is 264 g/mol. The molecule has 1 fully saturated rings. The maximum absolute atomic E-state index is 12.3. The van der Waals surface area contributed by atoms with Crippen LogP contribution in [0.1, 0.15) is 10.4 Å². The Hall–Kier alpha value is -2.34. The van der Waals surface area contributed by atoms with Crippen LogP contribution in [0, 0.1) is 0 Å². The van der Waals surface area contributed by atoms with Gasteiger partial charge in [0.2, 0.25) is 0 Å². The number of carbonyl (C=O) groups is 2. The molecule has 1 aliphatic rings. The number of urea groups is 1. The van der Waals surface area contributed by atoms with Crippen LogP contribution in [0.25, 0.3) is 0 Å². The van der Waals surface area contributed by atoms with Crippen LogP contribution in [0.4, 0.5) is 4.79 Å². The number of carbonyl (C=O) groups excluding carboxylic acids is 2. The van der Waals surface area contributed by atoms with Crippen molar-refractivity contribution in [3.63, 3.8) is 0 Å². The molecule has 96 valence electrons. The zero-order valence-corrected chi connectivity index (χ0v) is 10.5. The third kappa shape index (κ3) is 1.61. The van der Waals surface area contributed by atoms with E-state index < -0.39 is 17.5 Å². The summed E-state index contributed by atoms with van der Waals surface area (Å²) in [6.45, 7) is 0. The summed E-state index contributed by atoms with van der Waals surface area (Å²) in [5, 5.41) is 16.7. The van der Waals surface area contributed by atoms with Crippen molar-refractivity contribution >= 4 is 23.3 Å². The number of hydrogen-bond acceptors (Lipinski definition) is 4. The van der Waals surface area contributed by atoms with Crippen molar-refractivity contribution in [1.29, 1.82) is 0 Å². The molecule has 1 aromatic carbocycles. The summed E-state index contributed by atoms with van der Waals surface area (Å²) in [5.74, 6) is -0.519. The van der Waals surface area contributed by atoms with Gasteiger partial charge in [-0.2, -0.15) is 0 Å². The van der Waals surface area contributed by atoms with Crippen LogP contribution in [0.3, 0.4) is 0 Å². The smallest absolute Gasteiger partial charge is 0.322 e. The lowest BCUT2D eigenvalue weighted by Gasteiger charge is -2.25. The second kappa shape index (κ2) is 4.10. The molecule has 1 atom stereocenters. The van der Waals surface area contributed by atoms with E-state index in [0.29, 0.717) is 10.4 Å². The van der Waals surface area contributed by atoms with E-state index in [1.807, 2.05) is 5.38 Å². The van der Waals surface area contributed by atoms with Crippen molar-refractivity contribution < 1.29 is 14.7 Å². The van der Waals surface area contributed by atoms with Crippen molar-refractivity contribution in [2.75, 3.05) is 0 Å². The number of imide groups is 1. The van der Waals surface area contributed by atoms with Gasteiger partial charge in [-0.05, 0) is 17.5 Å². The van der Waals surface area contributed by atoms with E-state index >= 15 is 0 Å². The van der Waals surface area contributed by atoms with Gasteiger partial charge in [0.1, 0.15) is 5.75 Å². The average molecular weight is 274 g/mol. The van der Waals surface area contributed by atoms with Crippen molar-refractivity contribution in [2.24, 2.45) is 0 Å². The van der Waals surface area contributed by atoms with E-state index in [4.69, 9.17) is 0 Å². The average Bonchev–Trinajstić information content (AvgIpc) is 2.98. The van der Waals surface area contributed by atoms with Gasteiger partial charge in [-0.1, -0.05) is 24.3 Å². The molecule has 0 aliphatic carbocycles. The maximum Gasteiger partial charge on any atom is 0.322 e. The summed E-state index contributed by atoms with van der Waals surface area (Å²) < 4.78 is 0. The van der Waals surface area contributed by atoms with Gasteiger partial charge in [0.25, 0.3) is 5.91 Å². The summed E-state index contributed by atoms with van der Waals surface area (Å²) in [6, 6.07) is 9.46. The quantitative estimate of drug-likeness (QED) is 0.727. The predicted octanol–water partition coefficient (Wildman–Crippen LogP) is 1.54. The van der Waals surface area contributed by atoms with Gasteiger partial charge in [-0.15, -0.1) is 11.3 Å². The fraction of sp³-hybridized carbons (Fsp3) is 0.0769. The molecule has 3 amide bonds. The number of phenolic OH excluding ortho intramolecular Hbond substituents is 1. The van der Waals surface area contributed by atoms with Crippen molar-refractivity contribution in [2.45, 2.75) is 5.54 Å². The van der Waals surface area contributed by atoms with Gasteiger partial charge in [0, 0.05) is 10.4 Å². The van der Waals surface area contributed by atoms with Crippen LogP contribution in [-0.2, 0) is 10.3 Å². The first kappa shape index (κ1) is 11.7. The third-order valence-electron chi connectivity index (χ3n) is 3.07. The van der Waals surface area contributed by atoms with Gasteiger partial charge in [0.05, 0.1) is 0 Å². The molecule has 19 heavy (non-hydrogen) atoms. The number of benzene rings is 1. The van der Waals surface area contributed by atoms with E-state index in [0.717, 1.165) is 0 Å². The van der Waals surface area contributed by atoms with Gasteiger partial charge in [-0.25, -0.2) is 4.79 Å². The van der Waals surface area contributed by atoms with E-state index in [-0.39, 0.29) is 5.75 Å². The molecule has 3 rings (SSSR count). The summed E-state index contributed by atoms with van der Waals surface area (Å²) in [5.41, 5.74) is -0.989. The molecule has 2 heterocycles. The molecule has 0 bridgehead atoms. The summed E-state index contributed by atoms with van der Waals surface area (Å²) in [6.07, 6.45) is 0. The molecule has 1 aliphatic heterocycles. The molecule has 6 heteroatoms. The van der Waals surface area contributed by atoms with Gasteiger partial charge in [-0.3, -0.25) is 10.1 Å². The van der Waals surface area contributed by atoms with Crippen LogP contribution >= 0.6 is 11.3 Å². The zero-order valence-electron chi connectivity index (χ0n) is 9.71. The topological polar surface area (TPSA) is 78.4 Å². The Morgan fingerprint density at radius 2 is 1.89 bits per heavy atom. The number of rotatable bonds is 2. The number of para-hydroxylation sites is 1. The molecule has 5 nitrogen and oxygen atoms in total. The van der Waals surface area contributed by atoms with Crippen molar-refractivity contribution in [3.05, 3.63) is 52.2 Å². The SMILES string of the molecule is O=C1NC(=O)C(c2cccs2)(c2ccccc2O)N1. The second-order valence-electron chi connectivity index (χ2n) is 4.15. The van der Waals surface area contributed by atoms with Crippen LogP contribution < -0.4 is 10.6 Å². The second-order valence-corrected chi connectivity index (χ2v) is 5.10. The monoisotopic (exact) mass is 274 g/mol. The third-order valence-corrected chi connectivity index (χ3v) is 4.06. The summed E-state index contributed by atoms with van der Waals surface area (Å²) >= 11 is 1.34. The minimum absolute atomic E-state index is 0.0340. The molecule has 0 radical (unpaired) electrons. The Labute approximate surface area is 112 Å².